The van der Waals surface area contributed by atoms with Gasteiger partial charge in [-0.15, -0.1) is 0 Å². The molecule has 0 bridgehead atoms. The first-order chi connectivity index (χ1) is 10.2. The number of ether oxygens (including phenoxy) is 2. The van der Waals surface area contributed by atoms with Crippen LogP contribution >= 0.6 is 0 Å². The van der Waals surface area contributed by atoms with Gasteiger partial charge >= 0.3 is 0 Å². The highest BCUT2D eigenvalue weighted by atomic mass is 16.5. The van der Waals surface area contributed by atoms with Crippen LogP contribution in [0.15, 0.2) is 42.7 Å². The molecule has 2 N–H and O–H groups in total. The van der Waals surface area contributed by atoms with E-state index in [1.54, 1.807) is 19.2 Å². The Morgan fingerprint density at radius 1 is 1.00 bits per heavy atom. The zero-order valence-electron chi connectivity index (χ0n) is 11.8. The summed E-state index contributed by atoms with van der Waals surface area (Å²) in [5, 5.41) is 0.764. The fraction of sp³-hybridized carbons (Fsp3) is 0.125. The topological polar surface area (TPSA) is 70.3 Å². The molecule has 2 aromatic carbocycles. The fourth-order valence-corrected chi connectivity index (χ4v) is 2.10. The summed E-state index contributed by atoms with van der Waals surface area (Å²) in [6, 6.07) is 11.2. The maximum Gasteiger partial charge on any atom is 0.230 e. The Morgan fingerprint density at radius 2 is 1.86 bits per heavy atom. The van der Waals surface area contributed by atoms with Gasteiger partial charge in [-0.1, -0.05) is 6.07 Å². The third-order valence-corrected chi connectivity index (χ3v) is 3.15. The third-order valence-electron chi connectivity index (χ3n) is 3.15. The molecule has 0 spiro atoms. The van der Waals surface area contributed by atoms with E-state index in [9.17, 15) is 0 Å². The van der Waals surface area contributed by atoms with E-state index in [4.69, 9.17) is 15.2 Å². The molecule has 1 heterocycles. The SMILES string of the molecule is COc1cc(C)ccc1Oc1ncnc2ccc(N)cc12. The fourth-order valence-electron chi connectivity index (χ4n) is 2.10. The number of aryl methyl sites for hydroxylation is 1. The molecule has 1 aromatic heterocycles. The largest absolute Gasteiger partial charge is 0.493 e. The Bertz CT molecular complexity index is 803. The third kappa shape index (κ3) is 2.58. The average Bonchev–Trinajstić information content (AvgIpc) is 2.49. The molecule has 0 saturated carbocycles. The lowest BCUT2D eigenvalue weighted by Crippen LogP contribution is -1.95. The maximum absolute atomic E-state index is 5.89. The summed E-state index contributed by atoms with van der Waals surface area (Å²) in [7, 11) is 1.61. The van der Waals surface area contributed by atoms with E-state index in [0.29, 0.717) is 23.1 Å². The average molecular weight is 281 g/mol. The molecule has 3 aromatic rings. The van der Waals surface area contributed by atoms with Crippen molar-refractivity contribution in [2.75, 3.05) is 12.8 Å². The van der Waals surface area contributed by atoms with Gasteiger partial charge in [0.25, 0.3) is 0 Å². The summed E-state index contributed by atoms with van der Waals surface area (Å²) in [4.78, 5) is 8.40. The molecule has 0 unspecified atom stereocenters. The highest BCUT2D eigenvalue weighted by Gasteiger charge is 2.10. The zero-order valence-corrected chi connectivity index (χ0v) is 11.8. The molecule has 0 amide bonds. The molecular weight excluding hydrogens is 266 g/mol. The first kappa shape index (κ1) is 13.2. The molecule has 0 aliphatic heterocycles. The van der Waals surface area contributed by atoms with E-state index in [1.807, 2.05) is 31.2 Å². The molecule has 3 rings (SSSR count). The molecule has 0 saturated heterocycles. The Labute approximate surface area is 122 Å². The Hall–Kier alpha value is -2.82. The van der Waals surface area contributed by atoms with Crippen molar-refractivity contribution >= 4 is 16.6 Å². The minimum Gasteiger partial charge on any atom is -0.493 e. The number of fused-ring (bicyclic) bond motifs is 1. The first-order valence-electron chi connectivity index (χ1n) is 6.50. The van der Waals surface area contributed by atoms with Gasteiger partial charge < -0.3 is 15.2 Å². The van der Waals surface area contributed by atoms with E-state index >= 15 is 0 Å². The molecule has 0 radical (unpaired) electrons. The second-order valence-corrected chi connectivity index (χ2v) is 4.71. The van der Waals surface area contributed by atoms with Crippen LogP contribution in [0.25, 0.3) is 10.9 Å². The van der Waals surface area contributed by atoms with Gasteiger partial charge in [-0.25, -0.2) is 9.97 Å². The van der Waals surface area contributed by atoms with Gasteiger partial charge in [-0.3, -0.25) is 0 Å². The minimum atomic E-state index is 0.453. The minimum absolute atomic E-state index is 0.453. The summed E-state index contributed by atoms with van der Waals surface area (Å²) in [6.07, 6.45) is 1.47. The van der Waals surface area contributed by atoms with Crippen LogP contribution in [0.2, 0.25) is 0 Å². The number of hydrogen-bond acceptors (Lipinski definition) is 5. The molecule has 21 heavy (non-hydrogen) atoms. The lowest BCUT2D eigenvalue weighted by molar-refractivity contribution is 0.375. The number of anilines is 1. The van der Waals surface area contributed by atoms with Gasteiger partial charge in [0.2, 0.25) is 5.88 Å². The Kier molecular flexibility index (Phi) is 3.31. The predicted molar refractivity (Wildman–Crippen MR) is 81.8 cm³/mol. The predicted octanol–water partition coefficient (Wildman–Crippen LogP) is 3.32. The highest BCUT2D eigenvalue weighted by Crippen LogP contribution is 2.34. The van der Waals surface area contributed by atoms with Crippen molar-refractivity contribution < 1.29 is 9.47 Å². The lowest BCUT2D eigenvalue weighted by atomic mass is 10.2. The smallest absolute Gasteiger partial charge is 0.230 e. The van der Waals surface area contributed by atoms with Crippen molar-refractivity contribution in [1.82, 2.24) is 9.97 Å². The van der Waals surface area contributed by atoms with Crippen LogP contribution < -0.4 is 15.2 Å². The normalized spacial score (nSPS) is 10.6. The summed E-state index contributed by atoms with van der Waals surface area (Å²) in [5.74, 6) is 1.71. The van der Waals surface area contributed by atoms with Crippen LogP contribution in [0, 0.1) is 6.92 Å². The van der Waals surface area contributed by atoms with E-state index < -0.39 is 0 Å². The van der Waals surface area contributed by atoms with E-state index in [2.05, 4.69) is 9.97 Å². The molecular formula is C16H15N3O2. The number of nitrogens with zero attached hydrogens (tertiary/aromatic N) is 2. The van der Waals surface area contributed by atoms with Crippen molar-refractivity contribution in [2.24, 2.45) is 0 Å². The van der Waals surface area contributed by atoms with E-state index in [-0.39, 0.29) is 0 Å². The van der Waals surface area contributed by atoms with Gasteiger partial charge in [0.1, 0.15) is 6.33 Å². The summed E-state index contributed by atoms with van der Waals surface area (Å²) >= 11 is 0. The van der Waals surface area contributed by atoms with E-state index in [0.717, 1.165) is 16.5 Å². The first-order valence-corrected chi connectivity index (χ1v) is 6.50. The quantitative estimate of drug-likeness (QED) is 0.746. The van der Waals surface area contributed by atoms with Gasteiger partial charge in [-0.2, -0.15) is 0 Å². The zero-order chi connectivity index (χ0) is 14.8. The van der Waals surface area contributed by atoms with E-state index in [1.165, 1.54) is 6.33 Å². The van der Waals surface area contributed by atoms with Crippen molar-refractivity contribution in [3.8, 4) is 17.4 Å². The van der Waals surface area contributed by atoms with Crippen LogP contribution in [-0.2, 0) is 0 Å². The van der Waals surface area contributed by atoms with Crippen LogP contribution in [0.5, 0.6) is 17.4 Å². The molecule has 0 atom stereocenters. The Morgan fingerprint density at radius 3 is 2.67 bits per heavy atom. The second kappa shape index (κ2) is 5.28. The number of aromatic nitrogens is 2. The molecule has 5 heteroatoms. The van der Waals surface area contributed by atoms with Gasteiger partial charge in [0.05, 0.1) is 18.0 Å². The summed E-state index contributed by atoms with van der Waals surface area (Å²) in [5.41, 5.74) is 8.33. The van der Waals surface area contributed by atoms with Crippen LogP contribution in [0.4, 0.5) is 5.69 Å². The lowest BCUT2D eigenvalue weighted by Gasteiger charge is -2.11. The van der Waals surface area contributed by atoms with Gasteiger partial charge in [0.15, 0.2) is 11.5 Å². The van der Waals surface area contributed by atoms with Crippen molar-refractivity contribution in [2.45, 2.75) is 6.92 Å². The van der Waals surface area contributed by atoms with Crippen LogP contribution in [0.3, 0.4) is 0 Å². The standard InChI is InChI=1S/C16H15N3O2/c1-10-3-6-14(15(7-10)20-2)21-16-12-8-11(17)4-5-13(12)18-9-19-16/h3-9H,17H2,1-2H3. The maximum atomic E-state index is 5.89. The number of hydrogen-bond donors (Lipinski definition) is 1. The number of nitrogen functional groups attached to an aromatic ring is 1. The molecule has 0 fully saturated rings. The summed E-state index contributed by atoms with van der Waals surface area (Å²) in [6.45, 7) is 1.99. The molecule has 106 valence electrons. The van der Waals surface area contributed by atoms with Gasteiger partial charge in [-0.05, 0) is 42.8 Å². The van der Waals surface area contributed by atoms with Crippen molar-refractivity contribution in [3.63, 3.8) is 0 Å². The number of nitrogens with two attached hydrogens (primary N) is 1. The number of methoxy groups -OCH3 is 1. The summed E-state index contributed by atoms with van der Waals surface area (Å²) < 4.78 is 11.2. The van der Waals surface area contributed by atoms with Crippen molar-refractivity contribution in [3.05, 3.63) is 48.3 Å². The highest BCUT2D eigenvalue weighted by molar-refractivity contribution is 5.86. The van der Waals surface area contributed by atoms with Crippen LogP contribution in [0.1, 0.15) is 5.56 Å². The second-order valence-electron chi connectivity index (χ2n) is 4.71. The monoisotopic (exact) mass is 281 g/mol. The van der Waals surface area contributed by atoms with Crippen molar-refractivity contribution in [1.29, 1.82) is 0 Å². The Balaban J connectivity index is 2.08. The van der Waals surface area contributed by atoms with Crippen LogP contribution in [-0.4, -0.2) is 17.1 Å². The molecule has 0 aliphatic carbocycles. The van der Waals surface area contributed by atoms with Gasteiger partial charge in [0, 0.05) is 5.69 Å². The number of rotatable bonds is 3. The molecule has 5 nitrogen and oxygen atoms in total. The number of benzene rings is 2. The molecule has 0 aliphatic rings.